The van der Waals surface area contributed by atoms with E-state index in [0.29, 0.717) is 0 Å². The lowest BCUT2D eigenvalue weighted by atomic mass is 10.1. The number of hydrogen-bond acceptors (Lipinski definition) is 3. The summed E-state index contributed by atoms with van der Waals surface area (Å²) in [6.45, 7) is 0. The number of aryl methyl sites for hydroxylation is 1. The summed E-state index contributed by atoms with van der Waals surface area (Å²) in [5.41, 5.74) is -2.03. The fourth-order valence-electron chi connectivity index (χ4n) is 2.33. The van der Waals surface area contributed by atoms with Crippen LogP contribution in [0.1, 0.15) is 5.56 Å². The predicted molar refractivity (Wildman–Crippen MR) is 82.6 cm³/mol. The molecular weight excluding hydrogens is 346 g/mol. The maximum Gasteiger partial charge on any atom is 0.417 e. The molecular formula is C15H9F4N3OS. The smallest absolute Gasteiger partial charge is 0.306 e. The molecule has 2 heterocycles. The Morgan fingerprint density at radius 1 is 1.21 bits per heavy atom. The standard InChI is InChI=1S/C15H9F4N3OS/c1-22-12-11(13(23)21-14(22)24)9(15(17,18)19)6-10(20-12)7-2-4-8(16)5-3-7/h2-6H,1H3,(H,21,23,24). The fourth-order valence-corrected chi connectivity index (χ4v) is 2.51. The van der Waals surface area contributed by atoms with Crippen molar-refractivity contribution in [3.63, 3.8) is 0 Å². The SMILES string of the molecule is Cn1c(=S)[nH]c(=O)c2c(C(F)(F)F)cc(-c3ccc(F)cc3)nc21. The molecule has 0 unspecified atom stereocenters. The van der Waals surface area contributed by atoms with Gasteiger partial charge in [-0.05, 0) is 42.5 Å². The predicted octanol–water partition coefficient (Wildman–Crippen LogP) is 3.82. The molecule has 9 heteroatoms. The van der Waals surface area contributed by atoms with Gasteiger partial charge in [0.1, 0.15) is 11.5 Å². The van der Waals surface area contributed by atoms with Gasteiger partial charge in [-0.1, -0.05) is 0 Å². The number of aromatic nitrogens is 3. The molecule has 1 N–H and O–H groups in total. The van der Waals surface area contributed by atoms with Crippen LogP contribution in [0.4, 0.5) is 17.6 Å². The third kappa shape index (κ3) is 2.71. The third-order valence-corrected chi connectivity index (χ3v) is 3.89. The molecule has 0 saturated heterocycles. The van der Waals surface area contributed by atoms with Crippen molar-refractivity contribution in [3.05, 3.63) is 56.8 Å². The number of aromatic amines is 1. The van der Waals surface area contributed by atoms with Gasteiger partial charge in [-0.25, -0.2) is 9.37 Å². The molecule has 0 aliphatic carbocycles. The van der Waals surface area contributed by atoms with Crippen LogP contribution in [0.15, 0.2) is 35.1 Å². The van der Waals surface area contributed by atoms with Crippen LogP contribution >= 0.6 is 12.2 Å². The molecule has 2 aromatic heterocycles. The van der Waals surface area contributed by atoms with Crippen molar-refractivity contribution in [3.8, 4) is 11.3 Å². The first kappa shape index (κ1) is 16.3. The van der Waals surface area contributed by atoms with Gasteiger partial charge in [-0.3, -0.25) is 9.78 Å². The number of alkyl halides is 3. The Hall–Kier alpha value is -2.55. The summed E-state index contributed by atoms with van der Waals surface area (Å²) < 4.78 is 54.4. The van der Waals surface area contributed by atoms with Crippen LogP contribution in [-0.4, -0.2) is 14.5 Å². The van der Waals surface area contributed by atoms with E-state index in [4.69, 9.17) is 12.2 Å². The number of hydrogen-bond donors (Lipinski definition) is 1. The lowest BCUT2D eigenvalue weighted by Gasteiger charge is -2.14. The fraction of sp³-hybridized carbons (Fsp3) is 0.133. The molecule has 0 aliphatic heterocycles. The second-order valence-electron chi connectivity index (χ2n) is 5.08. The Morgan fingerprint density at radius 2 is 1.83 bits per heavy atom. The second kappa shape index (κ2) is 5.52. The highest BCUT2D eigenvalue weighted by molar-refractivity contribution is 7.71. The number of halogens is 4. The zero-order valence-electron chi connectivity index (χ0n) is 12.1. The van der Waals surface area contributed by atoms with Crippen molar-refractivity contribution in [2.75, 3.05) is 0 Å². The number of fused-ring (bicyclic) bond motifs is 1. The molecule has 0 saturated carbocycles. The molecule has 124 valence electrons. The van der Waals surface area contributed by atoms with Crippen LogP contribution in [-0.2, 0) is 13.2 Å². The van der Waals surface area contributed by atoms with Gasteiger partial charge in [0.25, 0.3) is 5.56 Å². The summed E-state index contributed by atoms with van der Waals surface area (Å²) in [5, 5.41) is -0.593. The molecule has 3 rings (SSSR count). The summed E-state index contributed by atoms with van der Waals surface area (Å²) in [4.78, 5) is 18.3. The van der Waals surface area contributed by atoms with E-state index < -0.39 is 28.5 Å². The van der Waals surface area contributed by atoms with Crippen LogP contribution in [0.3, 0.4) is 0 Å². The summed E-state index contributed by atoms with van der Waals surface area (Å²) in [7, 11) is 1.40. The first-order chi connectivity index (χ1) is 11.2. The molecule has 0 amide bonds. The van der Waals surface area contributed by atoms with Crippen LogP contribution in [0.5, 0.6) is 0 Å². The van der Waals surface area contributed by atoms with Crippen molar-refractivity contribution in [2.24, 2.45) is 7.05 Å². The van der Waals surface area contributed by atoms with Gasteiger partial charge in [0.2, 0.25) is 0 Å². The van der Waals surface area contributed by atoms with E-state index in [1.54, 1.807) is 0 Å². The maximum atomic E-state index is 13.4. The summed E-state index contributed by atoms with van der Waals surface area (Å²) in [6, 6.07) is 5.63. The normalized spacial score (nSPS) is 11.9. The monoisotopic (exact) mass is 355 g/mol. The van der Waals surface area contributed by atoms with Crippen molar-refractivity contribution in [2.45, 2.75) is 6.18 Å². The number of rotatable bonds is 1. The lowest BCUT2D eigenvalue weighted by Crippen LogP contribution is -2.19. The summed E-state index contributed by atoms with van der Waals surface area (Å²) in [5.74, 6) is -0.523. The quantitative estimate of drug-likeness (QED) is 0.533. The Kier molecular flexibility index (Phi) is 3.75. The highest BCUT2D eigenvalue weighted by Gasteiger charge is 2.35. The molecule has 0 radical (unpaired) electrons. The zero-order chi connectivity index (χ0) is 17.6. The van der Waals surface area contributed by atoms with Crippen LogP contribution in [0.2, 0.25) is 0 Å². The van der Waals surface area contributed by atoms with Crippen molar-refractivity contribution >= 4 is 23.3 Å². The Labute approximate surface area is 137 Å². The van der Waals surface area contributed by atoms with Crippen molar-refractivity contribution in [1.29, 1.82) is 0 Å². The van der Waals surface area contributed by atoms with Crippen LogP contribution in [0, 0.1) is 10.6 Å². The van der Waals surface area contributed by atoms with Crippen molar-refractivity contribution in [1.82, 2.24) is 14.5 Å². The molecule has 0 atom stereocenters. The molecule has 4 nitrogen and oxygen atoms in total. The van der Waals surface area contributed by atoms with Gasteiger partial charge in [-0.2, -0.15) is 13.2 Å². The molecule has 0 bridgehead atoms. The molecule has 0 aliphatic rings. The van der Waals surface area contributed by atoms with E-state index in [0.717, 1.165) is 18.2 Å². The zero-order valence-corrected chi connectivity index (χ0v) is 12.9. The highest BCUT2D eigenvalue weighted by atomic mass is 32.1. The number of pyridine rings is 1. The minimum absolute atomic E-state index is 0.0366. The molecule has 0 spiro atoms. The largest absolute Gasteiger partial charge is 0.417 e. The Morgan fingerprint density at radius 3 is 2.42 bits per heavy atom. The lowest BCUT2D eigenvalue weighted by molar-refractivity contribution is -0.136. The maximum absolute atomic E-state index is 13.4. The molecule has 24 heavy (non-hydrogen) atoms. The first-order valence-electron chi connectivity index (χ1n) is 6.65. The second-order valence-corrected chi connectivity index (χ2v) is 5.46. The summed E-state index contributed by atoms with van der Waals surface area (Å²) >= 11 is 4.92. The van der Waals surface area contributed by atoms with Crippen LogP contribution in [0.25, 0.3) is 22.3 Å². The Balaban J connectivity index is 2.46. The van der Waals surface area contributed by atoms with Gasteiger partial charge >= 0.3 is 6.18 Å². The van der Waals surface area contributed by atoms with Gasteiger partial charge < -0.3 is 4.57 Å². The molecule has 0 fully saturated rings. The van der Waals surface area contributed by atoms with E-state index in [9.17, 15) is 22.4 Å². The topological polar surface area (TPSA) is 50.7 Å². The number of benzene rings is 1. The average Bonchev–Trinajstić information content (AvgIpc) is 2.51. The minimum Gasteiger partial charge on any atom is -0.306 e. The van der Waals surface area contributed by atoms with Gasteiger partial charge in [0.05, 0.1) is 16.6 Å². The third-order valence-electron chi connectivity index (χ3n) is 3.52. The first-order valence-corrected chi connectivity index (χ1v) is 7.06. The van der Waals surface area contributed by atoms with Gasteiger partial charge in [0.15, 0.2) is 4.77 Å². The van der Waals surface area contributed by atoms with Crippen LogP contribution < -0.4 is 5.56 Å². The average molecular weight is 355 g/mol. The molecule has 3 aromatic rings. The number of nitrogens with one attached hydrogen (secondary N) is 1. The Bertz CT molecular complexity index is 1050. The molecule has 1 aromatic carbocycles. The van der Waals surface area contributed by atoms with E-state index in [1.165, 1.54) is 23.7 Å². The summed E-state index contributed by atoms with van der Waals surface area (Å²) in [6.07, 6.45) is -4.76. The van der Waals surface area contributed by atoms with E-state index in [1.807, 2.05) is 0 Å². The van der Waals surface area contributed by atoms with Crippen molar-refractivity contribution < 1.29 is 17.6 Å². The van der Waals surface area contributed by atoms with Gasteiger partial charge in [-0.15, -0.1) is 0 Å². The number of nitrogens with zero attached hydrogens (tertiary/aromatic N) is 2. The van der Waals surface area contributed by atoms with E-state index >= 15 is 0 Å². The van der Waals surface area contributed by atoms with Gasteiger partial charge in [0, 0.05) is 12.6 Å². The number of H-pyrrole nitrogens is 1. The highest BCUT2D eigenvalue weighted by Crippen LogP contribution is 2.35. The minimum atomic E-state index is -4.76. The van der Waals surface area contributed by atoms with E-state index in [2.05, 4.69) is 9.97 Å². The van der Waals surface area contributed by atoms with E-state index in [-0.39, 0.29) is 21.7 Å².